The summed E-state index contributed by atoms with van der Waals surface area (Å²) in [7, 11) is 1.45. The molecule has 28 heavy (non-hydrogen) atoms. The van der Waals surface area contributed by atoms with E-state index < -0.39 is 24.4 Å². The van der Waals surface area contributed by atoms with Gasteiger partial charge in [-0.1, -0.05) is 41.9 Å². The lowest BCUT2D eigenvalue weighted by Gasteiger charge is -2.15. The van der Waals surface area contributed by atoms with Crippen LogP contribution in [0.25, 0.3) is 0 Å². The Balaban J connectivity index is 1.77. The number of rotatable bonds is 8. The van der Waals surface area contributed by atoms with E-state index in [2.05, 4.69) is 10.6 Å². The van der Waals surface area contributed by atoms with Crippen molar-refractivity contribution in [1.82, 2.24) is 10.6 Å². The van der Waals surface area contributed by atoms with Gasteiger partial charge in [-0.05, 0) is 30.7 Å². The van der Waals surface area contributed by atoms with Gasteiger partial charge in [0, 0.05) is 5.02 Å². The summed E-state index contributed by atoms with van der Waals surface area (Å²) in [5.41, 5.74) is 1.05. The Morgan fingerprint density at radius 1 is 1.07 bits per heavy atom. The summed E-state index contributed by atoms with van der Waals surface area (Å²) >= 11 is 6.09. The predicted molar refractivity (Wildman–Crippen MR) is 104 cm³/mol. The van der Waals surface area contributed by atoms with Crippen molar-refractivity contribution in [3.05, 3.63) is 64.7 Å². The molecule has 2 N–H and O–H groups in total. The maximum absolute atomic E-state index is 12.1. The molecule has 0 radical (unpaired) electrons. The average Bonchev–Trinajstić information content (AvgIpc) is 2.70. The van der Waals surface area contributed by atoms with Gasteiger partial charge >= 0.3 is 5.97 Å². The topological polar surface area (TPSA) is 93.7 Å². The number of benzene rings is 2. The Morgan fingerprint density at radius 2 is 1.75 bits per heavy atom. The number of methoxy groups -OCH3 is 1. The monoisotopic (exact) mass is 404 g/mol. The first kappa shape index (κ1) is 21.2. The van der Waals surface area contributed by atoms with Crippen LogP contribution in [0.5, 0.6) is 5.75 Å². The molecule has 0 saturated carbocycles. The molecule has 0 unspecified atom stereocenters. The highest BCUT2D eigenvalue weighted by Gasteiger charge is 2.16. The molecule has 1 atom stereocenters. The van der Waals surface area contributed by atoms with Crippen molar-refractivity contribution in [3.8, 4) is 5.75 Å². The number of esters is 1. The van der Waals surface area contributed by atoms with Crippen LogP contribution in [-0.2, 0) is 14.3 Å². The third-order valence-corrected chi connectivity index (χ3v) is 4.20. The number of ether oxygens (including phenoxy) is 2. The van der Waals surface area contributed by atoms with Gasteiger partial charge in [-0.2, -0.15) is 0 Å². The highest BCUT2D eigenvalue weighted by molar-refractivity contribution is 6.31. The second kappa shape index (κ2) is 10.3. The summed E-state index contributed by atoms with van der Waals surface area (Å²) in [6.45, 7) is 0.941. The maximum atomic E-state index is 12.1. The van der Waals surface area contributed by atoms with Crippen LogP contribution in [0.3, 0.4) is 0 Å². The summed E-state index contributed by atoms with van der Waals surface area (Å²) in [4.78, 5) is 35.8. The second-order valence-electron chi connectivity index (χ2n) is 5.85. The van der Waals surface area contributed by atoms with Gasteiger partial charge in [-0.3, -0.25) is 14.4 Å². The number of halogens is 1. The third-order valence-electron chi connectivity index (χ3n) is 3.86. The number of hydrogen-bond acceptors (Lipinski definition) is 5. The average molecular weight is 405 g/mol. The van der Waals surface area contributed by atoms with Gasteiger partial charge in [0.25, 0.3) is 11.8 Å². The molecule has 2 aromatic carbocycles. The number of amides is 2. The van der Waals surface area contributed by atoms with Crippen LogP contribution in [0.1, 0.15) is 28.9 Å². The van der Waals surface area contributed by atoms with Crippen LogP contribution in [0.2, 0.25) is 5.02 Å². The Kier molecular flexibility index (Phi) is 7.83. The zero-order chi connectivity index (χ0) is 20.5. The summed E-state index contributed by atoms with van der Waals surface area (Å²) in [5, 5.41) is 5.66. The van der Waals surface area contributed by atoms with Crippen molar-refractivity contribution in [2.75, 3.05) is 20.3 Å². The first-order chi connectivity index (χ1) is 13.4. The lowest BCUT2D eigenvalue weighted by molar-refractivity contribution is -0.147. The highest BCUT2D eigenvalue weighted by Crippen LogP contribution is 2.22. The van der Waals surface area contributed by atoms with Crippen LogP contribution in [-0.4, -0.2) is 38.0 Å². The summed E-state index contributed by atoms with van der Waals surface area (Å²) in [5.74, 6) is -1.30. The molecular weight excluding hydrogens is 384 g/mol. The van der Waals surface area contributed by atoms with Crippen molar-refractivity contribution in [2.45, 2.75) is 13.0 Å². The molecule has 0 saturated heterocycles. The quantitative estimate of drug-likeness (QED) is 0.659. The van der Waals surface area contributed by atoms with Crippen LogP contribution in [0.15, 0.2) is 48.5 Å². The normalized spacial score (nSPS) is 11.2. The number of carbonyl (C=O) groups is 3. The van der Waals surface area contributed by atoms with Gasteiger partial charge in [0.1, 0.15) is 12.3 Å². The minimum Gasteiger partial charge on any atom is -0.496 e. The number of para-hydroxylation sites is 1. The Bertz CT molecular complexity index is 856. The van der Waals surface area contributed by atoms with Crippen LogP contribution >= 0.6 is 11.6 Å². The predicted octanol–water partition coefficient (Wildman–Crippen LogP) is 2.50. The standard InChI is InChI=1S/C20H21ClN2O5/c1-13(14-7-3-5-9-16(14)21)23-18(24)12-28-19(25)11-22-20(26)15-8-4-6-10-17(15)27-2/h3-10,13H,11-12H2,1-2H3,(H,22,26)(H,23,24)/t13-/m0/s1. The fourth-order valence-electron chi connectivity index (χ4n) is 2.46. The fraction of sp³-hybridized carbons (Fsp3) is 0.250. The molecule has 2 amide bonds. The SMILES string of the molecule is COc1ccccc1C(=O)NCC(=O)OCC(=O)N[C@@H](C)c1ccccc1Cl. The number of carbonyl (C=O) groups excluding carboxylic acids is 3. The Hall–Kier alpha value is -3.06. The van der Waals surface area contributed by atoms with Crippen molar-refractivity contribution < 1.29 is 23.9 Å². The second-order valence-corrected chi connectivity index (χ2v) is 6.26. The van der Waals surface area contributed by atoms with Gasteiger partial charge < -0.3 is 20.1 Å². The van der Waals surface area contributed by atoms with E-state index in [1.54, 1.807) is 49.4 Å². The lowest BCUT2D eigenvalue weighted by Crippen LogP contribution is -2.35. The molecule has 0 heterocycles. The van der Waals surface area contributed by atoms with Gasteiger partial charge in [0.2, 0.25) is 0 Å². The Labute approximate surface area is 168 Å². The molecule has 0 spiro atoms. The molecule has 148 valence electrons. The van der Waals surface area contributed by atoms with Crippen molar-refractivity contribution in [1.29, 1.82) is 0 Å². The van der Waals surface area contributed by atoms with Gasteiger partial charge in [0.05, 0.1) is 18.7 Å². The van der Waals surface area contributed by atoms with Crippen molar-refractivity contribution >= 4 is 29.4 Å². The first-order valence-electron chi connectivity index (χ1n) is 8.53. The molecular formula is C20H21ClN2O5. The minimum atomic E-state index is -0.733. The van der Waals surface area contributed by atoms with E-state index in [9.17, 15) is 14.4 Å². The summed E-state index contributed by atoms with van der Waals surface area (Å²) in [6.07, 6.45) is 0. The van der Waals surface area contributed by atoms with Crippen molar-refractivity contribution in [3.63, 3.8) is 0 Å². The molecule has 0 aliphatic carbocycles. The molecule has 2 rings (SSSR count). The molecule has 0 fully saturated rings. The van der Waals surface area contributed by atoms with Gasteiger partial charge in [-0.25, -0.2) is 0 Å². The van der Waals surface area contributed by atoms with E-state index in [0.717, 1.165) is 5.56 Å². The Morgan fingerprint density at radius 3 is 2.46 bits per heavy atom. The van der Waals surface area contributed by atoms with E-state index in [1.165, 1.54) is 7.11 Å². The number of nitrogens with one attached hydrogen (secondary N) is 2. The maximum Gasteiger partial charge on any atom is 0.325 e. The van der Waals surface area contributed by atoms with Crippen LogP contribution < -0.4 is 15.4 Å². The smallest absolute Gasteiger partial charge is 0.325 e. The summed E-state index contributed by atoms with van der Waals surface area (Å²) < 4.78 is 9.98. The highest BCUT2D eigenvalue weighted by atomic mass is 35.5. The number of hydrogen-bond donors (Lipinski definition) is 2. The zero-order valence-electron chi connectivity index (χ0n) is 15.5. The van der Waals surface area contributed by atoms with Gasteiger partial charge in [0.15, 0.2) is 6.61 Å². The summed E-state index contributed by atoms with van der Waals surface area (Å²) in [6, 6.07) is 13.4. The first-order valence-corrected chi connectivity index (χ1v) is 8.90. The van der Waals surface area contributed by atoms with E-state index in [4.69, 9.17) is 21.1 Å². The molecule has 8 heteroatoms. The molecule has 7 nitrogen and oxygen atoms in total. The third kappa shape index (κ3) is 5.99. The largest absolute Gasteiger partial charge is 0.496 e. The minimum absolute atomic E-state index is 0.295. The van der Waals surface area contributed by atoms with Crippen LogP contribution in [0.4, 0.5) is 0 Å². The van der Waals surface area contributed by atoms with E-state index in [-0.39, 0.29) is 12.6 Å². The lowest BCUT2D eigenvalue weighted by atomic mass is 10.1. The van der Waals surface area contributed by atoms with Crippen LogP contribution in [0, 0.1) is 0 Å². The van der Waals surface area contributed by atoms with E-state index >= 15 is 0 Å². The molecule has 0 aliphatic heterocycles. The molecule has 0 aliphatic rings. The van der Waals surface area contributed by atoms with E-state index in [1.807, 2.05) is 6.07 Å². The molecule has 2 aromatic rings. The van der Waals surface area contributed by atoms with E-state index in [0.29, 0.717) is 16.3 Å². The molecule has 0 bridgehead atoms. The van der Waals surface area contributed by atoms with Gasteiger partial charge in [-0.15, -0.1) is 0 Å². The fourth-order valence-corrected chi connectivity index (χ4v) is 2.76. The van der Waals surface area contributed by atoms with Crippen molar-refractivity contribution in [2.24, 2.45) is 0 Å². The molecule has 0 aromatic heterocycles. The zero-order valence-corrected chi connectivity index (χ0v) is 16.3.